The van der Waals surface area contributed by atoms with Gasteiger partial charge in [-0.05, 0) is 13.3 Å². The molecule has 1 N–H and O–H groups in total. The largest absolute Gasteiger partial charge is 0.465 e. The summed E-state index contributed by atoms with van der Waals surface area (Å²) in [4.78, 5) is 11.4. The fourth-order valence-corrected chi connectivity index (χ4v) is 3.04. The molecule has 1 unspecified atom stereocenters. The summed E-state index contributed by atoms with van der Waals surface area (Å²) in [6.07, 6.45) is 21.5. The topological polar surface area (TPSA) is 46.5 Å². The van der Waals surface area contributed by atoms with E-state index in [0.717, 1.165) is 12.8 Å². The Morgan fingerprint density at radius 1 is 0.720 bits per heavy atom. The molecule has 0 aromatic carbocycles. The van der Waals surface area contributed by atoms with Gasteiger partial charge in [0, 0.05) is 0 Å². The van der Waals surface area contributed by atoms with Crippen molar-refractivity contribution in [3.05, 3.63) is 0 Å². The smallest absolute Gasteiger partial charge is 0.310 e. The van der Waals surface area contributed by atoms with Crippen molar-refractivity contribution in [3.8, 4) is 0 Å². The highest BCUT2D eigenvalue weighted by atomic mass is 16.5. The quantitative estimate of drug-likeness (QED) is 0.214. The van der Waals surface area contributed by atoms with E-state index in [0.29, 0.717) is 6.61 Å². The summed E-state index contributed by atoms with van der Waals surface area (Å²) in [5.74, 6) is -0.662. The standard InChI is InChI=1S/C22H44O3/c1-3-4-5-6-7-8-9-10-11-12-13-14-15-16-17-18-19-25-22(24)21(2)20-23/h21,23H,3-20H2,1-2H3. The van der Waals surface area contributed by atoms with Crippen LogP contribution < -0.4 is 0 Å². The Morgan fingerprint density at radius 3 is 1.44 bits per heavy atom. The molecule has 0 aromatic heterocycles. The van der Waals surface area contributed by atoms with Gasteiger partial charge in [0.1, 0.15) is 0 Å². The van der Waals surface area contributed by atoms with Gasteiger partial charge in [0.2, 0.25) is 0 Å². The summed E-state index contributed by atoms with van der Waals surface area (Å²) >= 11 is 0. The van der Waals surface area contributed by atoms with Crippen LogP contribution in [0.25, 0.3) is 0 Å². The number of aliphatic hydroxyl groups is 1. The summed E-state index contributed by atoms with van der Waals surface area (Å²) in [7, 11) is 0. The lowest BCUT2D eigenvalue weighted by molar-refractivity contribution is -0.149. The maximum absolute atomic E-state index is 11.4. The maximum Gasteiger partial charge on any atom is 0.310 e. The number of esters is 1. The zero-order chi connectivity index (χ0) is 18.6. The lowest BCUT2D eigenvalue weighted by atomic mass is 10.0. The fraction of sp³-hybridized carbons (Fsp3) is 0.955. The lowest BCUT2D eigenvalue weighted by Gasteiger charge is -2.08. The highest BCUT2D eigenvalue weighted by Crippen LogP contribution is 2.13. The Labute approximate surface area is 156 Å². The number of rotatable bonds is 19. The number of hydrogen-bond acceptors (Lipinski definition) is 3. The summed E-state index contributed by atoms with van der Waals surface area (Å²) in [6, 6.07) is 0. The number of hydrogen-bond donors (Lipinski definition) is 1. The van der Waals surface area contributed by atoms with Gasteiger partial charge in [-0.1, -0.05) is 103 Å². The monoisotopic (exact) mass is 356 g/mol. The molecule has 3 nitrogen and oxygen atoms in total. The van der Waals surface area contributed by atoms with Gasteiger partial charge in [-0.15, -0.1) is 0 Å². The van der Waals surface area contributed by atoms with Crippen LogP contribution in [0.15, 0.2) is 0 Å². The second-order valence-corrected chi connectivity index (χ2v) is 7.55. The molecule has 0 saturated heterocycles. The van der Waals surface area contributed by atoms with Gasteiger partial charge in [-0.25, -0.2) is 0 Å². The van der Waals surface area contributed by atoms with E-state index in [9.17, 15) is 4.79 Å². The predicted octanol–water partition coefficient (Wildman–Crippen LogP) is 6.42. The van der Waals surface area contributed by atoms with Crippen LogP contribution in [0.3, 0.4) is 0 Å². The van der Waals surface area contributed by atoms with Crippen molar-refractivity contribution in [2.75, 3.05) is 13.2 Å². The van der Waals surface area contributed by atoms with Crippen LogP contribution >= 0.6 is 0 Å². The molecule has 3 heteroatoms. The molecule has 0 bridgehead atoms. The molecule has 0 aliphatic carbocycles. The predicted molar refractivity (Wildman–Crippen MR) is 107 cm³/mol. The first-order chi connectivity index (χ1) is 12.2. The van der Waals surface area contributed by atoms with Gasteiger partial charge in [0.15, 0.2) is 0 Å². The molecule has 150 valence electrons. The first-order valence-corrected chi connectivity index (χ1v) is 11.0. The van der Waals surface area contributed by atoms with Crippen LogP contribution in [0.5, 0.6) is 0 Å². The third-order valence-corrected chi connectivity index (χ3v) is 4.92. The normalized spacial score (nSPS) is 12.3. The number of ether oxygens (including phenoxy) is 1. The average Bonchev–Trinajstić information content (AvgIpc) is 2.63. The van der Waals surface area contributed by atoms with Crippen molar-refractivity contribution in [1.29, 1.82) is 0 Å². The molecule has 0 radical (unpaired) electrons. The van der Waals surface area contributed by atoms with E-state index in [1.807, 2.05) is 0 Å². The number of unbranched alkanes of at least 4 members (excludes halogenated alkanes) is 15. The summed E-state index contributed by atoms with van der Waals surface area (Å²) in [5.41, 5.74) is 0. The van der Waals surface area contributed by atoms with Crippen LogP contribution in [0.2, 0.25) is 0 Å². The van der Waals surface area contributed by atoms with Crippen molar-refractivity contribution in [2.45, 2.75) is 117 Å². The highest BCUT2D eigenvalue weighted by Gasteiger charge is 2.12. The van der Waals surface area contributed by atoms with Gasteiger partial charge in [0.25, 0.3) is 0 Å². The second kappa shape index (κ2) is 19.8. The molecule has 0 amide bonds. The SMILES string of the molecule is CCCCCCCCCCCCCCCCCCOC(=O)C(C)CO. The van der Waals surface area contributed by atoms with Crippen LogP contribution in [0, 0.1) is 5.92 Å². The molecule has 0 spiro atoms. The third-order valence-electron chi connectivity index (χ3n) is 4.92. The van der Waals surface area contributed by atoms with Crippen LogP contribution in [0.1, 0.15) is 117 Å². The molecule has 0 saturated carbocycles. The van der Waals surface area contributed by atoms with Crippen molar-refractivity contribution in [1.82, 2.24) is 0 Å². The minimum Gasteiger partial charge on any atom is -0.465 e. The molecule has 25 heavy (non-hydrogen) atoms. The van der Waals surface area contributed by atoms with Gasteiger partial charge < -0.3 is 9.84 Å². The molecule has 0 aliphatic rings. The molecule has 1 atom stereocenters. The zero-order valence-corrected chi connectivity index (χ0v) is 17.1. The first-order valence-electron chi connectivity index (χ1n) is 11.0. The Morgan fingerprint density at radius 2 is 1.08 bits per heavy atom. The number of aliphatic hydroxyl groups excluding tert-OH is 1. The van der Waals surface area contributed by atoms with Crippen molar-refractivity contribution >= 4 is 5.97 Å². The Kier molecular flexibility index (Phi) is 19.3. The summed E-state index contributed by atoms with van der Waals surface area (Å²) in [5, 5.41) is 8.85. The van der Waals surface area contributed by atoms with E-state index < -0.39 is 0 Å². The van der Waals surface area contributed by atoms with Crippen LogP contribution in [0.4, 0.5) is 0 Å². The van der Waals surface area contributed by atoms with Gasteiger partial charge in [0.05, 0.1) is 19.1 Å². The van der Waals surface area contributed by atoms with E-state index in [4.69, 9.17) is 9.84 Å². The molecule has 0 aliphatic heterocycles. The van der Waals surface area contributed by atoms with Gasteiger partial charge in [-0.3, -0.25) is 4.79 Å². The molecule has 0 rings (SSSR count). The maximum atomic E-state index is 11.4. The molecular weight excluding hydrogens is 312 g/mol. The second-order valence-electron chi connectivity index (χ2n) is 7.55. The lowest BCUT2D eigenvalue weighted by Crippen LogP contribution is -2.18. The average molecular weight is 357 g/mol. The van der Waals surface area contributed by atoms with Crippen LogP contribution in [-0.2, 0) is 9.53 Å². The Hall–Kier alpha value is -0.570. The zero-order valence-electron chi connectivity index (χ0n) is 17.1. The summed E-state index contributed by atoms with van der Waals surface area (Å²) < 4.78 is 5.11. The Balaban J connectivity index is 3.08. The van der Waals surface area contributed by atoms with Gasteiger partial charge >= 0.3 is 5.97 Å². The van der Waals surface area contributed by atoms with Crippen molar-refractivity contribution in [3.63, 3.8) is 0 Å². The minimum absolute atomic E-state index is 0.127. The minimum atomic E-state index is -0.388. The molecule has 0 aromatic rings. The van der Waals surface area contributed by atoms with Crippen LogP contribution in [-0.4, -0.2) is 24.3 Å². The third kappa shape index (κ3) is 18.0. The number of carbonyl (C=O) groups is 1. The highest BCUT2D eigenvalue weighted by molar-refractivity contribution is 5.72. The molecule has 0 heterocycles. The van der Waals surface area contributed by atoms with Gasteiger partial charge in [-0.2, -0.15) is 0 Å². The van der Waals surface area contributed by atoms with Crippen molar-refractivity contribution < 1.29 is 14.6 Å². The van der Waals surface area contributed by atoms with E-state index in [1.165, 1.54) is 89.9 Å². The molecule has 0 fully saturated rings. The van der Waals surface area contributed by atoms with Crippen molar-refractivity contribution in [2.24, 2.45) is 5.92 Å². The fourth-order valence-electron chi connectivity index (χ4n) is 3.04. The summed E-state index contributed by atoms with van der Waals surface area (Å²) in [6.45, 7) is 4.34. The van der Waals surface area contributed by atoms with E-state index in [-0.39, 0.29) is 18.5 Å². The van der Waals surface area contributed by atoms with E-state index in [2.05, 4.69) is 6.92 Å². The number of carbonyl (C=O) groups excluding carboxylic acids is 1. The first kappa shape index (κ1) is 24.4. The van der Waals surface area contributed by atoms with E-state index >= 15 is 0 Å². The molecular formula is C22H44O3. The van der Waals surface area contributed by atoms with E-state index in [1.54, 1.807) is 6.92 Å². The Bertz CT molecular complexity index is 278.